The second-order valence-corrected chi connectivity index (χ2v) is 15.6. The summed E-state index contributed by atoms with van der Waals surface area (Å²) in [5.74, 6) is -1.38. The second kappa shape index (κ2) is 11.1. The number of hydrogen-bond acceptors (Lipinski definition) is 5. The van der Waals surface area contributed by atoms with Crippen molar-refractivity contribution in [1.29, 1.82) is 0 Å². The predicted octanol–water partition coefficient (Wildman–Crippen LogP) is 4.62. The topological polar surface area (TPSA) is 99.2 Å². The number of rotatable bonds is 8. The van der Waals surface area contributed by atoms with Crippen molar-refractivity contribution in [2.75, 3.05) is 29.9 Å². The first kappa shape index (κ1) is 29.2. The van der Waals surface area contributed by atoms with Gasteiger partial charge in [0.2, 0.25) is 14.3 Å². The predicted molar refractivity (Wildman–Crippen MR) is 158 cm³/mol. The summed E-state index contributed by atoms with van der Waals surface area (Å²) in [7, 11) is -3.46. The quantitative estimate of drug-likeness (QED) is 0.270. The number of likely N-dealkylation sites (tertiary alicyclic amines) is 1. The van der Waals surface area contributed by atoms with Crippen molar-refractivity contribution >= 4 is 37.5 Å². The number of nitrogens with zero attached hydrogens (tertiary/aromatic N) is 2. The number of amides is 3. The molecule has 0 saturated carbocycles. The van der Waals surface area contributed by atoms with E-state index in [1.807, 2.05) is 13.0 Å². The molecule has 2 aromatic rings. The number of hydrogen-bond donors (Lipinski definition) is 2. The van der Waals surface area contributed by atoms with Crippen LogP contribution in [0.1, 0.15) is 42.1 Å². The van der Waals surface area contributed by atoms with E-state index in [0.717, 1.165) is 12.8 Å². The van der Waals surface area contributed by atoms with Gasteiger partial charge in [-0.3, -0.25) is 14.4 Å². The Hall–Kier alpha value is -3.34. The lowest BCUT2D eigenvalue weighted by atomic mass is 9.82. The summed E-state index contributed by atoms with van der Waals surface area (Å²) in [5.41, 5.74) is -0.0104. The van der Waals surface area contributed by atoms with Crippen molar-refractivity contribution in [2.24, 2.45) is 5.92 Å². The first-order valence-corrected chi connectivity index (χ1v) is 17.2. The van der Waals surface area contributed by atoms with Crippen LogP contribution in [-0.2, 0) is 19.9 Å². The molecule has 3 amide bonds. The fourth-order valence-electron chi connectivity index (χ4n) is 7.07. The Bertz CT molecular complexity index is 1350. The number of carbonyl (C=O) groups excluding carboxylic acids is 3. The van der Waals surface area contributed by atoms with Crippen molar-refractivity contribution in [3.05, 3.63) is 72.3 Å². The van der Waals surface area contributed by atoms with Crippen LogP contribution in [-0.4, -0.2) is 68.0 Å². The van der Waals surface area contributed by atoms with E-state index in [9.17, 15) is 19.5 Å². The molecule has 1 spiro atoms. The normalized spacial score (nSPS) is 27.4. The molecule has 2 saturated heterocycles. The Morgan fingerprint density at radius 3 is 2.63 bits per heavy atom. The van der Waals surface area contributed by atoms with Gasteiger partial charge in [-0.2, -0.15) is 0 Å². The summed E-state index contributed by atoms with van der Waals surface area (Å²) in [6.45, 7) is 9.49. The van der Waals surface area contributed by atoms with Gasteiger partial charge in [-0.05, 0) is 56.3 Å². The van der Waals surface area contributed by atoms with Gasteiger partial charge in [-0.25, -0.2) is 0 Å². The average Bonchev–Trinajstić information content (AvgIpc) is 3.60. The summed E-state index contributed by atoms with van der Waals surface area (Å²) in [4.78, 5) is 43.8. The van der Waals surface area contributed by atoms with E-state index in [2.05, 4.69) is 11.9 Å². The molecule has 5 atom stereocenters. The third-order valence-electron chi connectivity index (χ3n) is 8.85. The lowest BCUT2D eigenvalue weighted by Gasteiger charge is -2.31. The van der Waals surface area contributed by atoms with Gasteiger partial charge >= 0.3 is 0 Å². The number of fused-ring (bicyclic) bond motifs is 2. The molecule has 3 aliphatic rings. The van der Waals surface area contributed by atoms with Gasteiger partial charge in [0.15, 0.2) is 5.60 Å². The molecule has 0 unspecified atom stereocenters. The molecule has 0 bridgehead atoms. The Morgan fingerprint density at radius 1 is 1.24 bits per heavy atom. The smallest absolute Gasteiger partial charge is 0.264 e. The summed E-state index contributed by atoms with van der Waals surface area (Å²) in [5, 5.41) is 12.7. The van der Waals surface area contributed by atoms with Gasteiger partial charge in [0.1, 0.15) is 0 Å². The van der Waals surface area contributed by atoms with E-state index < -0.39 is 31.6 Å². The number of benzene rings is 2. The van der Waals surface area contributed by atoms with Crippen LogP contribution in [0.4, 0.5) is 15.5 Å². The highest BCUT2D eigenvalue weighted by Crippen LogP contribution is 2.60. The molecule has 0 aromatic heterocycles. The highest BCUT2D eigenvalue weighted by Gasteiger charge is 2.67. The van der Waals surface area contributed by atoms with E-state index in [1.165, 1.54) is 0 Å². The fraction of sp³-hybridized carbons (Fsp3) is 0.452. The number of nitrogens with one attached hydrogen (secondary N) is 1. The minimum absolute atomic E-state index is 0.0673. The van der Waals surface area contributed by atoms with Crippen molar-refractivity contribution in [3.63, 3.8) is 0 Å². The third kappa shape index (κ3) is 5.02. The molecule has 0 radical (unpaired) electrons. The molecule has 3 aliphatic heterocycles. The van der Waals surface area contributed by atoms with Gasteiger partial charge in [0.05, 0.1) is 30.9 Å². The largest absolute Gasteiger partial charge is 0.394 e. The maximum absolute atomic E-state index is 16.1. The molecule has 2 N–H and O–H groups in total. The van der Waals surface area contributed by atoms with E-state index >= 15 is 4.11 Å². The molecular formula is C31H38FN3O5Si. The molecule has 2 fully saturated rings. The fourth-order valence-corrected chi connectivity index (χ4v) is 9.57. The molecule has 2 aromatic carbocycles. The highest BCUT2D eigenvalue weighted by atomic mass is 28.4. The lowest BCUT2D eigenvalue weighted by molar-refractivity contribution is -0.149. The first-order chi connectivity index (χ1) is 19.5. The van der Waals surface area contributed by atoms with Crippen molar-refractivity contribution in [3.8, 4) is 0 Å². The van der Waals surface area contributed by atoms with Gasteiger partial charge < -0.3 is 29.1 Å². The first-order valence-electron chi connectivity index (χ1n) is 14.2. The molecule has 5 rings (SSSR count). The SMILES string of the molecule is C=CCN1C(=O)[C@]2(O[C@H](CC(=O)N3CCC[C@H]3CO)[C@@H]([Si](C)(C)F)[C@@H]2C)c2cc(NC(=O)c3ccccc3)ccc21. The Labute approximate surface area is 241 Å². The van der Waals surface area contributed by atoms with Gasteiger partial charge in [0, 0.05) is 41.4 Å². The molecule has 41 heavy (non-hydrogen) atoms. The Kier molecular flexibility index (Phi) is 7.93. The van der Waals surface area contributed by atoms with Crippen LogP contribution >= 0.6 is 0 Å². The maximum Gasteiger partial charge on any atom is 0.264 e. The minimum Gasteiger partial charge on any atom is -0.394 e. The summed E-state index contributed by atoms with van der Waals surface area (Å²) in [6, 6.07) is 13.8. The zero-order valence-corrected chi connectivity index (χ0v) is 24.8. The molecule has 218 valence electrons. The summed E-state index contributed by atoms with van der Waals surface area (Å²) >= 11 is 0. The van der Waals surface area contributed by atoms with Crippen LogP contribution in [0.3, 0.4) is 0 Å². The summed E-state index contributed by atoms with van der Waals surface area (Å²) in [6.07, 6.45) is 2.27. The highest BCUT2D eigenvalue weighted by molar-refractivity contribution is 6.72. The van der Waals surface area contributed by atoms with Crippen LogP contribution in [0.25, 0.3) is 0 Å². The van der Waals surface area contributed by atoms with Gasteiger partial charge in [0.25, 0.3) is 11.8 Å². The number of aliphatic hydroxyl groups excluding tert-OH is 1. The zero-order chi connectivity index (χ0) is 29.5. The molecular weight excluding hydrogens is 541 g/mol. The maximum atomic E-state index is 16.1. The minimum atomic E-state index is -3.46. The number of ether oxygens (including phenoxy) is 1. The van der Waals surface area contributed by atoms with E-state index in [-0.39, 0.29) is 43.3 Å². The molecule has 10 heteroatoms. The van der Waals surface area contributed by atoms with Crippen LogP contribution in [0.5, 0.6) is 0 Å². The van der Waals surface area contributed by atoms with Crippen molar-refractivity contribution in [2.45, 2.75) is 62.6 Å². The number of carbonyl (C=O) groups is 3. The molecule has 8 nitrogen and oxygen atoms in total. The van der Waals surface area contributed by atoms with E-state index in [4.69, 9.17) is 4.74 Å². The average molecular weight is 580 g/mol. The number of halogens is 1. The van der Waals surface area contributed by atoms with Gasteiger partial charge in [-0.1, -0.05) is 31.2 Å². The second-order valence-electron chi connectivity index (χ2n) is 11.8. The Balaban J connectivity index is 1.53. The number of aliphatic hydroxyl groups is 1. The third-order valence-corrected chi connectivity index (χ3v) is 11.3. The zero-order valence-electron chi connectivity index (χ0n) is 23.8. The van der Waals surface area contributed by atoms with Crippen LogP contribution < -0.4 is 10.2 Å². The number of anilines is 2. The van der Waals surface area contributed by atoms with E-state index in [0.29, 0.717) is 29.0 Å². The Morgan fingerprint density at radius 2 is 1.98 bits per heavy atom. The lowest BCUT2D eigenvalue weighted by Crippen LogP contribution is -2.45. The summed E-state index contributed by atoms with van der Waals surface area (Å²) < 4.78 is 22.8. The van der Waals surface area contributed by atoms with Crippen molar-refractivity contribution < 1.29 is 28.3 Å². The van der Waals surface area contributed by atoms with Crippen LogP contribution in [0, 0.1) is 5.92 Å². The molecule has 3 heterocycles. The van der Waals surface area contributed by atoms with Crippen LogP contribution in [0.2, 0.25) is 18.6 Å². The van der Waals surface area contributed by atoms with Crippen molar-refractivity contribution in [1.82, 2.24) is 4.90 Å². The molecule has 0 aliphatic carbocycles. The van der Waals surface area contributed by atoms with Crippen LogP contribution in [0.15, 0.2) is 61.2 Å². The monoisotopic (exact) mass is 579 g/mol. The van der Waals surface area contributed by atoms with E-state index in [1.54, 1.807) is 71.4 Å². The standard InChI is InChI=1S/C31H38FN3O5Si/c1-5-15-35-25-14-13-22(33-29(38)21-10-7-6-8-11-21)17-24(25)31(30(35)39)20(2)28(41(3,4)32)26(40-31)18-27(37)34-16-9-12-23(34)19-36/h5-8,10-11,13-14,17,20,23,26,28,36H,1,9,12,15-16,18-19H2,2-4H3,(H,33,38)/t20-,23-,26+,28-,31+/m0/s1. The van der Waals surface area contributed by atoms with Gasteiger partial charge in [-0.15, -0.1) is 6.58 Å².